The van der Waals surface area contributed by atoms with Crippen molar-refractivity contribution in [1.29, 1.82) is 0 Å². The maximum Gasteiger partial charge on any atom is 0.326 e. The molecule has 6 heteroatoms. The van der Waals surface area contributed by atoms with Gasteiger partial charge in [-0.2, -0.15) is 0 Å². The molecule has 0 saturated carbocycles. The number of rotatable bonds is 8. The first kappa shape index (κ1) is 20.7. The molecule has 1 rings (SSSR count). The summed E-state index contributed by atoms with van der Waals surface area (Å²) in [5.74, 6) is -1.97. The van der Waals surface area contributed by atoms with Crippen molar-refractivity contribution in [1.82, 2.24) is 10.6 Å². The number of carbonyl (C=O) groups excluding carboxylic acids is 2. The fraction of sp³-hybridized carbons (Fsp3) is 0.526. The number of nitrogens with one attached hydrogen (secondary N) is 2. The van der Waals surface area contributed by atoms with E-state index in [4.69, 9.17) is 0 Å². The van der Waals surface area contributed by atoms with Gasteiger partial charge < -0.3 is 15.7 Å². The van der Waals surface area contributed by atoms with Gasteiger partial charge in [-0.1, -0.05) is 45.4 Å². The maximum absolute atomic E-state index is 12.5. The molecule has 0 saturated heterocycles. The molecule has 0 aliphatic rings. The van der Waals surface area contributed by atoms with Crippen LogP contribution >= 0.6 is 0 Å². The van der Waals surface area contributed by atoms with Crippen molar-refractivity contribution in [3.8, 4) is 0 Å². The molecule has 138 valence electrons. The van der Waals surface area contributed by atoms with E-state index in [0.29, 0.717) is 12.0 Å². The van der Waals surface area contributed by atoms with E-state index < -0.39 is 24.0 Å². The van der Waals surface area contributed by atoms with E-state index in [1.807, 2.05) is 32.9 Å². The van der Waals surface area contributed by atoms with Crippen molar-refractivity contribution in [3.63, 3.8) is 0 Å². The van der Waals surface area contributed by atoms with Gasteiger partial charge in [0.1, 0.15) is 12.1 Å². The molecule has 0 aliphatic carbocycles. The Morgan fingerprint density at radius 3 is 2.00 bits per heavy atom. The molecule has 0 fully saturated rings. The average Bonchev–Trinajstić information content (AvgIpc) is 2.51. The lowest BCUT2D eigenvalue weighted by molar-refractivity contribution is -0.142. The third-order valence-corrected chi connectivity index (χ3v) is 3.87. The van der Waals surface area contributed by atoms with Crippen molar-refractivity contribution in [3.05, 3.63) is 35.4 Å². The molecule has 2 amide bonds. The minimum atomic E-state index is -1.07. The number of carbonyl (C=O) groups is 3. The summed E-state index contributed by atoms with van der Waals surface area (Å²) in [6.07, 6.45) is 0.331. The summed E-state index contributed by atoms with van der Waals surface area (Å²) < 4.78 is 0. The van der Waals surface area contributed by atoms with Crippen LogP contribution in [0, 0.1) is 18.8 Å². The van der Waals surface area contributed by atoms with E-state index in [0.717, 1.165) is 5.56 Å². The van der Waals surface area contributed by atoms with E-state index in [9.17, 15) is 19.5 Å². The highest BCUT2D eigenvalue weighted by Gasteiger charge is 2.29. The summed E-state index contributed by atoms with van der Waals surface area (Å²) in [4.78, 5) is 36.2. The van der Waals surface area contributed by atoms with Crippen LogP contribution in [-0.2, 0) is 9.59 Å². The molecule has 0 bridgehead atoms. The number of hydrogen-bond acceptors (Lipinski definition) is 3. The molecule has 0 heterocycles. The van der Waals surface area contributed by atoms with E-state index in [1.54, 1.807) is 26.0 Å². The van der Waals surface area contributed by atoms with Crippen molar-refractivity contribution in [2.45, 2.75) is 53.1 Å². The largest absolute Gasteiger partial charge is 0.480 e. The molecule has 6 nitrogen and oxygen atoms in total. The molecule has 0 radical (unpaired) electrons. The number of aliphatic carboxylic acids is 1. The van der Waals surface area contributed by atoms with Crippen LogP contribution in [0.25, 0.3) is 0 Å². The summed E-state index contributed by atoms with van der Waals surface area (Å²) in [5, 5.41) is 14.5. The number of benzene rings is 1. The summed E-state index contributed by atoms with van der Waals surface area (Å²) in [6, 6.07) is 5.26. The van der Waals surface area contributed by atoms with Gasteiger partial charge in [0, 0.05) is 5.56 Å². The Morgan fingerprint density at radius 1 is 1.00 bits per heavy atom. The van der Waals surface area contributed by atoms with E-state index >= 15 is 0 Å². The third kappa shape index (κ3) is 6.57. The number of carboxylic acid groups (broad SMARTS) is 1. The summed E-state index contributed by atoms with van der Waals surface area (Å²) >= 11 is 0. The molecule has 0 aliphatic heterocycles. The molecule has 0 spiro atoms. The summed E-state index contributed by atoms with van der Waals surface area (Å²) in [6.45, 7) is 9.31. The molecule has 1 aromatic rings. The number of carboxylic acids is 1. The predicted molar refractivity (Wildman–Crippen MR) is 96.3 cm³/mol. The fourth-order valence-corrected chi connectivity index (χ4v) is 2.42. The maximum atomic E-state index is 12.5. The summed E-state index contributed by atoms with van der Waals surface area (Å²) in [7, 11) is 0. The Balaban J connectivity index is 2.84. The highest BCUT2D eigenvalue weighted by Crippen LogP contribution is 2.09. The summed E-state index contributed by atoms with van der Waals surface area (Å²) in [5.41, 5.74) is 1.49. The first-order chi connectivity index (χ1) is 11.6. The zero-order valence-corrected chi connectivity index (χ0v) is 15.5. The number of amides is 2. The Bertz CT molecular complexity index is 608. The smallest absolute Gasteiger partial charge is 0.326 e. The van der Waals surface area contributed by atoms with Crippen molar-refractivity contribution < 1.29 is 19.5 Å². The second-order valence-electron chi connectivity index (χ2n) is 7.09. The molecule has 1 unspecified atom stereocenters. The molecule has 0 aromatic heterocycles. The van der Waals surface area contributed by atoms with E-state index in [1.165, 1.54) is 0 Å². The highest BCUT2D eigenvalue weighted by atomic mass is 16.4. The second-order valence-corrected chi connectivity index (χ2v) is 7.09. The lowest BCUT2D eigenvalue weighted by atomic mass is 10.00. The number of aryl methyl sites for hydroxylation is 1. The van der Waals surface area contributed by atoms with Crippen LogP contribution in [-0.4, -0.2) is 35.0 Å². The van der Waals surface area contributed by atoms with Crippen molar-refractivity contribution in [2.75, 3.05) is 0 Å². The van der Waals surface area contributed by atoms with Crippen LogP contribution in [0.4, 0.5) is 0 Å². The lowest BCUT2D eigenvalue weighted by Crippen LogP contribution is -2.53. The predicted octanol–water partition coefficient (Wildman–Crippen LogP) is 2.36. The fourth-order valence-electron chi connectivity index (χ4n) is 2.42. The Labute approximate surface area is 149 Å². The number of hydrogen-bond donors (Lipinski definition) is 3. The van der Waals surface area contributed by atoms with Gasteiger partial charge in [-0.15, -0.1) is 0 Å². The lowest BCUT2D eigenvalue weighted by Gasteiger charge is -2.24. The van der Waals surface area contributed by atoms with Crippen LogP contribution in [0.3, 0.4) is 0 Å². The van der Waals surface area contributed by atoms with Crippen LogP contribution in [0.2, 0.25) is 0 Å². The zero-order valence-electron chi connectivity index (χ0n) is 15.5. The van der Waals surface area contributed by atoms with Gasteiger partial charge in [-0.3, -0.25) is 9.59 Å². The first-order valence-electron chi connectivity index (χ1n) is 8.52. The molecular formula is C19H28N2O4. The zero-order chi connectivity index (χ0) is 19.1. The standard InChI is InChI=1S/C19H28N2O4/c1-11(2)10-15(19(24)25)20-18(23)16(12(3)4)21-17(22)14-8-6-13(5)7-9-14/h6-9,11-12,15-16H,10H2,1-5H3,(H,20,23)(H,21,22)(H,24,25)/t15-,16?/m1/s1. The highest BCUT2D eigenvalue weighted by molar-refractivity contribution is 5.98. The van der Waals surface area contributed by atoms with Crippen LogP contribution in [0.5, 0.6) is 0 Å². The Morgan fingerprint density at radius 2 is 1.56 bits per heavy atom. The Hall–Kier alpha value is -2.37. The SMILES string of the molecule is Cc1ccc(C(=O)NC(C(=O)N[C@H](CC(C)C)C(=O)O)C(C)C)cc1. The van der Waals surface area contributed by atoms with Gasteiger partial charge in [0.25, 0.3) is 5.91 Å². The third-order valence-electron chi connectivity index (χ3n) is 3.87. The van der Waals surface area contributed by atoms with Gasteiger partial charge in [0.15, 0.2) is 0 Å². The molecule has 1 aromatic carbocycles. The van der Waals surface area contributed by atoms with E-state index in [2.05, 4.69) is 10.6 Å². The van der Waals surface area contributed by atoms with Crippen LogP contribution in [0.1, 0.15) is 50.0 Å². The van der Waals surface area contributed by atoms with E-state index in [-0.39, 0.29) is 17.7 Å². The average molecular weight is 348 g/mol. The van der Waals surface area contributed by atoms with Gasteiger partial charge in [-0.25, -0.2) is 4.79 Å². The molecule has 25 heavy (non-hydrogen) atoms. The van der Waals surface area contributed by atoms with Gasteiger partial charge in [0.05, 0.1) is 0 Å². The van der Waals surface area contributed by atoms with Crippen molar-refractivity contribution >= 4 is 17.8 Å². The van der Waals surface area contributed by atoms with Gasteiger partial charge in [-0.05, 0) is 37.3 Å². The minimum Gasteiger partial charge on any atom is -0.480 e. The molecule has 3 N–H and O–H groups in total. The molecule has 2 atom stereocenters. The monoisotopic (exact) mass is 348 g/mol. The molecular weight excluding hydrogens is 320 g/mol. The quantitative estimate of drug-likeness (QED) is 0.672. The van der Waals surface area contributed by atoms with Crippen molar-refractivity contribution in [2.24, 2.45) is 11.8 Å². The first-order valence-corrected chi connectivity index (χ1v) is 8.52. The topological polar surface area (TPSA) is 95.5 Å². The van der Waals surface area contributed by atoms with Crippen LogP contribution < -0.4 is 10.6 Å². The Kier molecular flexibility index (Phi) is 7.61. The minimum absolute atomic E-state index is 0.126. The van der Waals surface area contributed by atoms with Gasteiger partial charge in [0.2, 0.25) is 5.91 Å². The van der Waals surface area contributed by atoms with Crippen LogP contribution in [0.15, 0.2) is 24.3 Å². The van der Waals surface area contributed by atoms with Gasteiger partial charge >= 0.3 is 5.97 Å². The second kappa shape index (κ2) is 9.20. The normalized spacial score (nSPS) is 13.4.